The summed E-state index contributed by atoms with van der Waals surface area (Å²) in [6, 6.07) is 9.88. The molecule has 7 heteroatoms. The molecule has 1 unspecified atom stereocenters. The molecule has 0 spiro atoms. The number of aromatic amines is 1. The van der Waals surface area contributed by atoms with Crippen LogP contribution in [0.3, 0.4) is 0 Å². The van der Waals surface area contributed by atoms with Crippen molar-refractivity contribution in [2.75, 3.05) is 6.54 Å². The largest absolute Gasteiger partial charge is 0.334 e. The highest BCUT2D eigenvalue weighted by atomic mass is 16.2. The highest BCUT2D eigenvalue weighted by Gasteiger charge is 2.28. The van der Waals surface area contributed by atoms with Crippen LogP contribution in [0.5, 0.6) is 0 Å². The molecule has 0 radical (unpaired) electrons. The molecule has 1 aromatic carbocycles. The molecule has 1 N–H and O–H groups in total. The molecule has 1 amide bonds. The number of aromatic nitrogens is 5. The lowest BCUT2D eigenvalue weighted by Crippen LogP contribution is -2.39. The van der Waals surface area contributed by atoms with Gasteiger partial charge in [-0.05, 0) is 37.5 Å². The molecule has 2 aromatic heterocycles. The Hall–Kier alpha value is -2.70. The zero-order valence-corrected chi connectivity index (χ0v) is 13.4. The summed E-state index contributed by atoms with van der Waals surface area (Å²) >= 11 is 0. The topological polar surface area (TPSA) is 79.7 Å². The molecule has 3 heterocycles. The molecule has 0 bridgehead atoms. The number of aryl methyl sites for hydroxylation is 1. The number of para-hydroxylation sites is 1. The third-order valence-corrected chi connectivity index (χ3v) is 4.66. The van der Waals surface area contributed by atoms with Crippen LogP contribution < -0.4 is 0 Å². The van der Waals surface area contributed by atoms with Crippen LogP contribution in [-0.2, 0) is 11.3 Å². The van der Waals surface area contributed by atoms with Gasteiger partial charge in [-0.3, -0.25) is 9.89 Å². The SMILES string of the molecule is O=C(CCn1nnc2ccccc21)N1CCCCC1c1ccn[nH]1. The fourth-order valence-electron chi connectivity index (χ4n) is 3.43. The van der Waals surface area contributed by atoms with Crippen LogP contribution in [0.25, 0.3) is 11.0 Å². The lowest BCUT2D eigenvalue weighted by molar-refractivity contribution is -0.135. The smallest absolute Gasteiger partial charge is 0.225 e. The van der Waals surface area contributed by atoms with Crippen molar-refractivity contribution in [2.45, 2.75) is 38.3 Å². The number of piperidine rings is 1. The molecule has 1 aliphatic rings. The third-order valence-electron chi connectivity index (χ3n) is 4.66. The van der Waals surface area contributed by atoms with Gasteiger partial charge >= 0.3 is 0 Å². The second-order valence-corrected chi connectivity index (χ2v) is 6.16. The van der Waals surface area contributed by atoms with E-state index in [0.29, 0.717) is 13.0 Å². The number of nitrogens with zero attached hydrogens (tertiary/aromatic N) is 5. The van der Waals surface area contributed by atoms with Crippen molar-refractivity contribution in [1.82, 2.24) is 30.1 Å². The monoisotopic (exact) mass is 324 g/mol. The summed E-state index contributed by atoms with van der Waals surface area (Å²) in [6.45, 7) is 1.35. The van der Waals surface area contributed by atoms with Gasteiger partial charge in [0.05, 0.1) is 23.8 Å². The fraction of sp³-hybridized carbons (Fsp3) is 0.412. The first-order valence-corrected chi connectivity index (χ1v) is 8.40. The lowest BCUT2D eigenvalue weighted by Gasteiger charge is -2.35. The molecular weight excluding hydrogens is 304 g/mol. The lowest BCUT2D eigenvalue weighted by atomic mass is 9.99. The Morgan fingerprint density at radius 1 is 1.25 bits per heavy atom. The number of carbonyl (C=O) groups excluding carboxylic acids is 1. The average molecular weight is 324 g/mol. The summed E-state index contributed by atoms with van der Waals surface area (Å²) in [6.07, 6.45) is 5.36. The van der Waals surface area contributed by atoms with Crippen LogP contribution in [0, 0.1) is 0 Å². The van der Waals surface area contributed by atoms with Crippen LogP contribution in [0.1, 0.15) is 37.4 Å². The van der Waals surface area contributed by atoms with Crippen LogP contribution in [-0.4, -0.2) is 42.5 Å². The van der Waals surface area contributed by atoms with Gasteiger partial charge in [-0.2, -0.15) is 5.10 Å². The Morgan fingerprint density at radius 3 is 3.04 bits per heavy atom. The minimum atomic E-state index is 0.112. The Morgan fingerprint density at radius 2 is 2.17 bits per heavy atom. The molecule has 7 nitrogen and oxygen atoms in total. The summed E-state index contributed by atoms with van der Waals surface area (Å²) in [4.78, 5) is 14.7. The van der Waals surface area contributed by atoms with E-state index in [2.05, 4.69) is 20.5 Å². The predicted octanol–water partition coefficient (Wildman–Crippen LogP) is 2.30. The van der Waals surface area contributed by atoms with Crippen molar-refractivity contribution < 1.29 is 4.79 Å². The molecule has 24 heavy (non-hydrogen) atoms. The molecule has 0 saturated carbocycles. The average Bonchev–Trinajstić information content (AvgIpc) is 3.30. The van der Waals surface area contributed by atoms with Crippen molar-refractivity contribution in [1.29, 1.82) is 0 Å². The minimum Gasteiger partial charge on any atom is -0.334 e. The number of amides is 1. The van der Waals surface area contributed by atoms with Crippen molar-refractivity contribution in [3.05, 3.63) is 42.2 Å². The number of likely N-dealkylation sites (tertiary alicyclic amines) is 1. The summed E-state index contributed by atoms with van der Waals surface area (Å²) in [7, 11) is 0. The van der Waals surface area contributed by atoms with Crippen LogP contribution in [0.2, 0.25) is 0 Å². The van der Waals surface area contributed by atoms with E-state index < -0.39 is 0 Å². The van der Waals surface area contributed by atoms with Crippen molar-refractivity contribution >= 4 is 16.9 Å². The summed E-state index contributed by atoms with van der Waals surface area (Å²) < 4.78 is 1.81. The molecule has 3 aromatic rings. The highest BCUT2D eigenvalue weighted by molar-refractivity contribution is 5.77. The number of H-pyrrole nitrogens is 1. The van der Waals surface area contributed by atoms with Gasteiger partial charge in [0.15, 0.2) is 0 Å². The van der Waals surface area contributed by atoms with E-state index in [1.54, 1.807) is 6.20 Å². The first kappa shape index (κ1) is 14.9. The Kier molecular flexibility index (Phi) is 3.98. The van der Waals surface area contributed by atoms with E-state index in [1.807, 2.05) is 39.9 Å². The summed E-state index contributed by atoms with van der Waals surface area (Å²) in [5.74, 6) is 0.161. The number of hydrogen-bond donors (Lipinski definition) is 1. The van der Waals surface area contributed by atoms with E-state index in [4.69, 9.17) is 0 Å². The molecular formula is C17H20N6O. The quantitative estimate of drug-likeness (QED) is 0.798. The molecule has 1 saturated heterocycles. The van der Waals surface area contributed by atoms with E-state index >= 15 is 0 Å². The third kappa shape index (κ3) is 2.77. The standard InChI is InChI=1S/C17H20N6O/c24-17(9-12-23-16-7-2-1-5-13(16)20-21-23)22-11-4-3-6-15(22)14-8-10-18-19-14/h1-2,5,7-8,10,15H,3-4,6,9,11-12H2,(H,18,19). The molecule has 1 fully saturated rings. The van der Waals surface area contributed by atoms with E-state index in [9.17, 15) is 4.79 Å². The zero-order valence-electron chi connectivity index (χ0n) is 13.4. The Bertz CT molecular complexity index is 825. The molecule has 4 rings (SSSR count). The second-order valence-electron chi connectivity index (χ2n) is 6.16. The molecule has 1 atom stereocenters. The summed E-state index contributed by atoms with van der Waals surface area (Å²) in [5, 5.41) is 15.3. The van der Waals surface area contributed by atoms with Gasteiger partial charge in [0.1, 0.15) is 5.52 Å². The maximum Gasteiger partial charge on any atom is 0.225 e. The van der Waals surface area contributed by atoms with Crippen LogP contribution >= 0.6 is 0 Å². The maximum atomic E-state index is 12.8. The second kappa shape index (κ2) is 6.43. The fourth-order valence-corrected chi connectivity index (χ4v) is 3.43. The van der Waals surface area contributed by atoms with Crippen LogP contribution in [0.15, 0.2) is 36.5 Å². The first-order valence-electron chi connectivity index (χ1n) is 8.40. The number of benzene rings is 1. The maximum absolute atomic E-state index is 12.8. The van der Waals surface area contributed by atoms with Gasteiger partial charge in [-0.1, -0.05) is 17.3 Å². The minimum absolute atomic E-state index is 0.112. The number of carbonyl (C=O) groups is 1. The molecule has 124 valence electrons. The Balaban J connectivity index is 1.47. The predicted molar refractivity (Wildman–Crippen MR) is 89.0 cm³/mol. The number of rotatable bonds is 4. The van der Waals surface area contributed by atoms with Crippen molar-refractivity contribution in [2.24, 2.45) is 0 Å². The zero-order chi connectivity index (χ0) is 16.4. The molecule has 1 aliphatic heterocycles. The van der Waals surface area contributed by atoms with E-state index in [0.717, 1.165) is 42.5 Å². The molecule has 0 aliphatic carbocycles. The van der Waals surface area contributed by atoms with Crippen LogP contribution in [0.4, 0.5) is 0 Å². The number of nitrogens with one attached hydrogen (secondary N) is 1. The van der Waals surface area contributed by atoms with Gasteiger partial charge in [0, 0.05) is 19.2 Å². The van der Waals surface area contributed by atoms with Crippen molar-refractivity contribution in [3.8, 4) is 0 Å². The van der Waals surface area contributed by atoms with E-state index in [-0.39, 0.29) is 11.9 Å². The normalized spacial score (nSPS) is 18.2. The summed E-state index contributed by atoms with van der Waals surface area (Å²) in [5.41, 5.74) is 2.85. The van der Waals surface area contributed by atoms with Gasteiger partial charge in [-0.25, -0.2) is 4.68 Å². The van der Waals surface area contributed by atoms with Gasteiger partial charge in [0.25, 0.3) is 0 Å². The van der Waals surface area contributed by atoms with E-state index in [1.165, 1.54) is 0 Å². The van der Waals surface area contributed by atoms with Gasteiger partial charge in [0.2, 0.25) is 5.91 Å². The van der Waals surface area contributed by atoms with Gasteiger partial charge in [-0.15, -0.1) is 5.10 Å². The number of hydrogen-bond acceptors (Lipinski definition) is 4. The van der Waals surface area contributed by atoms with Crippen molar-refractivity contribution in [3.63, 3.8) is 0 Å². The first-order chi connectivity index (χ1) is 11.8. The Labute approximate surface area is 139 Å². The number of fused-ring (bicyclic) bond motifs is 1. The highest BCUT2D eigenvalue weighted by Crippen LogP contribution is 2.30. The van der Waals surface area contributed by atoms with Gasteiger partial charge < -0.3 is 4.90 Å².